The van der Waals surface area contributed by atoms with Crippen molar-refractivity contribution >= 4 is 11.0 Å². The summed E-state index contributed by atoms with van der Waals surface area (Å²) in [7, 11) is 0. The molecule has 5 heteroatoms. The number of likely N-dealkylation sites (tertiary alicyclic amines) is 1. The maximum atomic E-state index is 12.0. The monoisotopic (exact) mass is 379 g/mol. The van der Waals surface area contributed by atoms with Crippen LogP contribution in [0.15, 0.2) is 57.7 Å². The lowest BCUT2D eigenvalue weighted by atomic mass is 9.98. The molecule has 0 radical (unpaired) electrons. The van der Waals surface area contributed by atoms with Gasteiger partial charge in [0.05, 0.1) is 6.61 Å². The third-order valence-electron chi connectivity index (χ3n) is 5.44. The number of piperidine rings is 1. The Hall–Kier alpha value is -2.79. The average molecular weight is 379 g/mol. The van der Waals surface area contributed by atoms with Gasteiger partial charge in [0, 0.05) is 36.0 Å². The fraction of sp³-hybridized carbons (Fsp3) is 0.348. The van der Waals surface area contributed by atoms with E-state index < -0.39 is 0 Å². The quantitative estimate of drug-likeness (QED) is 0.676. The summed E-state index contributed by atoms with van der Waals surface area (Å²) in [6.07, 6.45) is 2.26. The molecule has 1 aliphatic rings. The molecule has 1 aromatic heterocycles. The zero-order valence-electron chi connectivity index (χ0n) is 16.1. The van der Waals surface area contributed by atoms with Gasteiger partial charge < -0.3 is 14.3 Å². The summed E-state index contributed by atoms with van der Waals surface area (Å²) in [5.74, 6) is 1.51. The van der Waals surface area contributed by atoms with Crippen molar-refractivity contribution in [1.82, 2.24) is 4.90 Å². The second-order valence-electron chi connectivity index (χ2n) is 7.54. The smallest absolute Gasteiger partial charge is 0.336 e. The molecule has 3 aromatic rings. The van der Waals surface area contributed by atoms with Gasteiger partial charge in [-0.05, 0) is 56.1 Å². The summed E-state index contributed by atoms with van der Waals surface area (Å²) in [5, 5.41) is 10.8. The van der Waals surface area contributed by atoms with E-state index >= 15 is 0 Å². The molecule has 0 amide bonds. The molecule has 28 heavy (non-hydrogen) atoms. The molecule has 1 fully saturated rings. The Balaban J connectivity index is 1.48. The van der Waals surface area contributed by atoms with Crippen LogP contribution in [0.5, 0.6) is 11.5 Å². The van der Waals surface area contributed by atoms with Crippen LogP contribution in [0.25, 0.3) is 11.0 Å². The summed E-state index contributed by atoms with van der Waals surface area (Å²) in [6, 6.07) is 15.0. The highest BCUT2D eigenvalue weighted by Gasteiger charge is 2.22. The average Bonchev–Trinajstić information content (AvgIpc) is 2.71. The number of rotatable bonds is 5. The second kappa shape index (κ2) is 8.07. The first-order chi connectivity index (χ1) is 13.6. The first-order valence-electron chi connectivity index (χ1n) is 9.75. The van der Waals surface area contributed by atoms with Gasteiger partial charge in [-0.15, -0.1) is 0 Å². The lowest BCUT2D eigenvalue weighted by Crippen LogP contribution is -2.37. The van der Waals surface area contributed by atoms with E-state index in [0.717, 1.165) is 42.6 Å². The molecule has 4 rings (SSSR count). The molecule has 0 spiro atoms. The summed E-state index contributed by atoms with van der Waals surface area (Å²) in [4.78, 5) is 14.4. The van der Waals surface area contributed by atoms with Crippen molar-refractivity contribution in [3.8, 4) is 11.5 Å². The molecule has 1 unspecified atom stereocenters. The molecule has 1 aliphatic heterocycles. The van der Waals surface area contributed by atoms with E-state index in [4.69, 9.17) is 9.15 Å². The maximum Gasteiger partial charge on any atom is 0.336 e. The molecule has 2 heterocycles. The molecule has 1 saturated heterocycles. The second-order valence-corrected chi connectivity index (χ2v) is 7.54. The maximum absolute atomic E-state index is 12.0. The van der Waals surface area contributed by atoms with E-state index in [9.17, 15) is 9.90 Å². The van der Waals surface area contributed by atoms with Crippen LogP contribution < -0.4 is 10.4 Å². The van der Waals surface area contributed by atoms with Gasteiger partial charge in [0.15, 0.2) is 0 Å². The van der Waals surface area contributed by atoms with Crippen LogP contribution in [-0.4, -0.2) is 29.7 Å². The topological polar surface area (TPSA) is 62.9 Å². The largest absolute Gasteiger partial charge is 0.508 e. The number of hydrogen-bond acceptors (Lipinski definition) is 5. The molecular formula is C23H25NO4. The SMILES string of the molecule is Cc1c(O)ccc2c(CN3CCCC(COc4ccccc4)C3)cc(=O)oc12. The highest BCUT2D eigenvalue weighted by molar-refractivity contribution is 5.84. The van der Waals surface area contributed by atoms with Crippen molar-refractivity contribution in [2.75, 3.05) is 19.7 Å². The normalized spacial score (nSPS) is 17.7. The molecule has 0 aliphatic carbocycles. The minimum atomic E-state index is -0.378. The summed E-state index contributed by atoms with van der Waals surface area (Å²) >= 11 is 0. The fourth-order valence-corrected chi connectivity index (χ4v) is 3.95. The zero-order chi connectivity index (χ0) is 19.5. The predicted molar refractivity (Wildman–Crippen MR) is 109 cm³/mol. The first-order valence-corrected chi connectivity index (χ1v) is 9.75. The summed E-state index contributed by atoms with van der Waals surface area (Å²) in [6.45, 7) is 5.09. The standard InChI is InChI=1S/C23H25NO4/c1-16-21(25)10-9-20-18(12-22(26)28-23(16)20)14-24-11-5-6-17(13-24)15-27-19-7-3-2-4-8-19/h2-4,7-10,12,17,25H,5-6,11,13-15H2,1H3. The van der Waals surface area contributed by atoms with Gasteiger partial charge in [-0.1, -0.05) is 18.2 Å². The van der Waals surface area contributed by atoms with Gasteiger partial charge in [-0.25, -0.2) is 4.79 Å². The van der Waals surface area contributed by atoms with Gasteiger partial charge >= 0.3 is 5.63 Å². The Morgan fingerprint density at radius 1 is 1.21 bits per heavy atom. The predicted octanol–water partition coefficient (Wildman–Crippen LogP) is 4.10. The van der Waals surface area contributed by atoms with E-state index in [0.29, 0.717) is 30.2 Å². The van der Waals surface area contributed by atoms with Gasteiger partial charge in [0.2, 0.25) is 0 Å². The number of aryl methyl sites for hydroxylation is 1. The number of nitrogens with zero attached hydrogens (tertiary/aromatic N) is 1. The van der Waals surface area contributed by atoms with Crippen LogP contribution in [-0.2, 0) is 6.54 Å². The number of phenolic OH excluding ortho intramolecular Hbond substituents is 1. The van der Waals surface area contributed by atoms with Crippen molar-refractivity contribution in [2.24, 2.45) is 5.92 Å². The minimum Gasteiger partial charge on any atom is -0.508 e. The fourth-order valence-electron chi connectivity index (χ4n) is 3.95. The van der Waals surface area contributed by atoms with Crippen molar-refractivity contribution in [1.29, 1.82) is 0 Å². The van der Waals surface area contributed by atoms with E-state index in [1.165, 1.54) is 0 Å². The third-order valence-corrected chi connectivity index (χ3v) is 5.44. The van der Waals surface area contributed by atoms with Crippen LogP contribution in [0, 0.1) is 12.8 Å². The van der Waals surface area contributed by atoms with Crippen LogP contribution in [0.3, 0.4) is 0 Å². The van der Waals surface area contributed by atoms with Crippen molar-refractivity contribution < 1.29 is 14.3 Å². The Labute approximate surface area is 164 Å². The summed E-state index contributed by atoms with van der Waals surface area (Å²) < 4.78 is 11.3. The number of fused-ring (bicyclic) bond motifs is 1. The molecule has 1 atom stereocenters. The Bertz CT molecular complexity index is 1010. The number of aromatic hydroxyl groups is 1. The molecule has 2 aromatic carbocycles. The van der Waals surface area contributed by atoms with Crippen molar-refractivity contribution in [2.45, 2.75) is 26.3 Å². The molecule has 1 N–H and O–H groups in total. The number of benzene rings is 2. The highest BCUT2D eigenvalue weighted by atomic mass is 16.5. The molecule has 5 nitrogen and oxygen atoms in total. The number of para-hydroxylation sites is 1. The van der Waals surface area contributed by atoms with E-state index in [-0.39, 0.29) is 11.4 Å². The molecule has 0 bridgehead atoms. The summed E-state index contributed by atoms with van der Waals surface area (Å²) in [5.41, 5.74) is 1.64. The van der Waals surface area contributed by atoms with Crippen LogP contribution in [0.4, 0.5) is 0 Å². The van der Waals surface area contributed by atoms with Crippen LogP contribution in [0.1, 0.15) is 24.0 Å². The zero-order valence-corrected chi connectivity index (χ0v) is 16.1. The number of hydrogen-bond donors (Lipinski definition) is 1. The third kappa shape index (κ3) is 4.04. The lowest BCUT2D eigenvalue weighted by molar-refractivity contribution is 0.125. The van der Waals surface area contributed by atoms with Gasteiger partial charge in [0.1, 0.15) is 17.1 Å². The number of ether oxygens (including phenoxy) is 1. The first kappa shape index (κ1) is 18.6. The van der Waals surface area contributed by atoms with Gasteiger partial charge in [-0.3, -0.25) is 4.90 Å². The van der Waals surface area contributed by atoms with Crippen LogP contribution in [0.2, 0.25) is 0 Å². The van der Waals surface area contributed by atoms with Gasteiger partial charge in [-0.2, -0.15) is 0 Å². The van der Waals surface area contributed by atoms with Crippen LogP contribution >= 0.6 is 0 Å². The Morgan fingerprint density at radius 2 is 2.04 bits per heavy atom. The molecule has 146 valence electrons. The van der Waals surface area contributed by atoms with E-state index in [1.807, 2.05) is 36.4 Å². The molecule has 0 saturated carbocycles. The Kier molecular flexibility index (Phi) is 5.35. The van der Waals surface area contributed by atoms with E-state index in [1.54, 1.807) is 19.1 Å². The molecular weight excluding hydrogens is 354 g/mol. The highest BCUT2D eigenvalue weighted by Crippen LogP contribution is 2.29. The van der Waals surface area contributed by atoms with Gasteiger partial charge in [0.25, 0.3) is 0 Å². The Morgan fingerprint density at radius 3 is 2.86 bits per heavy atom. The van der Waals surface area contributed by atoms with E-state index in [2.05, 4.69) is 4.90 Å². The minimum absolute atomic E-state index is 0.142. The van der Waals surface area contributed by atoms with Crippen molar-refractivity contribution in [3.05, 3.63) is 70.1 Å². The van der Waals surface area contributed by atoms with Crippen molar-refractivity contribution in [3.63, 3.8) is 0 Å². The lowest BCUT2D eigenvalue weighted by Gasteiger charge is -2.32. The number of phenols is 1.